The number of carbonyl (C=O) groups excluding carboxylic acids is 1. The molecule has 1 heterocycles. The molecule has 3 nitrogen and oxygen atoms in total. The Bertz CT molecular complexity index is 600. The number of thiazole rings is 1. The number of carbonyl (C=O) groups is 1. The van der Waals surface area contributed by atoms with Crippen molar-refractivity contribution in [2.24, 2.45) is 0 Å². The first-order valence-corrected chi connectivity index (χ1v) is 7.62. The highest BCUT2D eigenvalue weighted by Gasteiger charge is 2.08. The minimum absolute atomic E-state index is 0.219. The van der Waals surface area contributed by atoms with Gasteiger partial charge < -0.3 is 4.74 Å². The summed E-state index contributed by atoms with van der Waals surface area (Å²) in [5.41, 5.74) is 1.90. The highest BCUT2D eigenvalue weighted by atomic mass is 79.9. The topological polar surface area (TPSA) is 39.2 Å². The lowest BCUT2D eigenvalue weighted by Gasteiger charge is -1.99. The molecule has 19 heavy (non-hydrogen) atoms. The smallest absolute Gasteiger partial charge is 0.305 e. The van der Waals surface area contributed by atoms with Crippen molar-refractivity contribution < 1.29 is 9.53 Å². The number of aromatic nitrogens is 1. The van der Waals surface area contributed by atoms with Gasteiger partial charge in [-0.15, -0.1) is 11.3 Å². The van der Waals surface area contributed by atoms with E-state index in [1.807, 2.05) is 23.6 Å². The summed E-state index contributed by atoms with van der Waals surface area (Å²) in [7, 11) is 1.39. The van der Waals surface area contributed by atoms with Crippen LogP contribution in [0.2, 0.25) is 5.02 Å². The van der Waals surface area contributed by atoms with Gasteiger partial charge in [0, 0.05) is 21.8 Å². The number of halogens is 2. The molecule has 0 aliphatic carbocycles. The molecule has 1 aromatic heterocycles. The molecule has 0 fully saturated rings. The lowest BCUT2D eigenvalue weighted by atomic mass is 10.2. The van der Waals surface area contributed by atoms with Gasteiger partial charge in [-0.25, -0.2) is 4.98 Å². The summed E-state index contributed by atoms with van der Waals surface area (Å²) in [5, 5.41) is 3.55. The van der Waals surface area contributed by atoms with Crippen molar-refractivity contribution >= 4 is 44.8 Å². The van der Waals surface area contributed by atoms with Crippen LogP contribution in [0.4, 0.5) is 0 Å². The van der Waals surface area contributed by atoms with E-state index in [1.165, 1.54) is 7.11 Å². The Morgan fingerprint density at radius 2 is 2.32 bits per heavy atom. The summed E-state index contributed by atoms with van der Waals surface area (Å²) >= 11 is 10.9. The van der Waals surface area contributed by atoms with E-state index in [4.69, 9.17) is 11.6 Å². The van der Waals surface area contributed by atoms with Crippen LogP contribution in [0.3, 0.4) is 0 Å². The molecule has 0 radical (unpaired) electrons. The molecule has 0 saturated heterocycles. The third-order valence-corrected chi connectivity index (χ3v) is 4.69. The second-order valence-corrected chi connectivity index (χ2v) is 5.97. The fourth-order valence-corrected chi connectivity index (χ4v) is 2.86. The minimum atomic E-state index is -0.219. The van der Waals surface area contributed by atoms with E-state index < -0.39 is 0 Å². The normalized spacial score (nSPS) is 10.5. The van der Waals surface area contributed by atoms with Crippen molar-refractivity contribution in [2.45, 2.75) is 12.8 Å². The number of esters is 1. The Balaban J connectivity index is 2.12. The van der Waals surface area contributed by atoms with Gasteiger partial charge in [-0.3, -0.25) is 4.79 Å². The molecule has 0 spiro atoms. The molecule has 2 aromatic rings. The van der Waals surface area contributed by atoms with E-state index in [9.17, 15) is 4.79 Å². The van der Waals surface area contributed by atoms with E-state index in [0.29, 0.717) is 17.9 Å². The number of methoxy groups -OCH3 is 1. The summed E-state index contributed by atoms with van der Waals surface area (Å²) in [6.07, 6.45) is 0.946. The van der Waals surface area contributed by atoms with Crippen molar-refractivity contribution in [3.63, 3.8) is 0 Å². The molecule has 0 atom stereocenters. The SMILES string of the molecule is COC(=O)CCc1csc(-c2ccc(Cl)c(Br)c2)n1. The molecular formula is C13H11BrClNO2S. The van der Waals surface area contributed by atoms with E-state index >= 15 is 0 Å². The standard InChI is InChI=1S/C13H11BrClNO2S/c1-18-12(17)5-3-9-7-19-13(16-9)8-2-4-11(15)10(14)6-8/h2,4,6-7H,3,5H2,1H3. The Labute approximate surface area is 128 Å². The van der Waals surface area contributed by atoms with Gasteiger partial charge in [0.05, 0.1) is 24.2 Å². The summed E-state index contributed by atoms with van der Waals surface area (Å²) in [4.78, 5) is 15.6. The fraction of sp³-hybridized carbons (Fsp3) is 0.231. The third-order valence-electron chi connectivity index (χ3n) is 2.53. The zero-order valence-corrected chi connectivity index (χ0v) is 13.3. The quantitative estimate of drug-likeness (QED) is 0.762. The molecule has 1 aromatic carbocycles. The summed E-state index contributed by atoms with van der Waals surface area (Å²) < 4.78 is 5.45. The van der Waals surface area contributed by atoms with Gasteiger partial charge in [-0.05, 0) is 28.1 Å². The molecule has 0 aliphatic heterocycles. The largest absolute Gasteiger partial charge is 0.469 e. The van der Waals surface area contributed by atoms with Crippen LogP contribution in [0.25, 0.3) is 10.6 Å². The fourth-order valence-electron chi connectivity index (χ4n) is 1.52. The zero-order valence-electron chi connectivity index (χ0n) is 10.2. The van der Waals surface area contributed by atoms with Gasteiger partial charge in [-0.1, -0.05) is 17.7 Å². The molecular weight excluding hydrogens is 350 g/mol. The Morgan fingerprint density at radius 3 is 3.00 bits per heavy atom. The molecule has 0 saturated carbocycles. The molecule has 0 unspecified atom stereocenters. The van der Waals surface area contributed by atoms with Crippen molar-refractivity contribution in [1.82, 2.24) is 4.98 Å². The van der Waals surface area contributed by atoms with E-state index in [1.54, 1.807) is 11.3 Å². The second-order valence-electron chi connectivity index (χ2n) is 3.85. The summed E-state index contributed by atoms with van der Waals surface area (Å²) in [6, 6.07) is 5.69. The molecule has 0 bridgehead atoms. The van der Waals surface area contributed by atoms with Crippen molar-refractivity contribution in [3.8, 4) is 10.6 Å². The first kappa shape index (κ1) is 14.5. The number of hydrogen-bond acceptors (Lipinski definition) is 4. The maximum Gasteiger partial charge on any atom is 0.305 e. The maximum absolute atomic E-state index is 11.1. The first-order valence-electron chi connectivity index (χ1n) is 5.57. The van der Waals surface area contributed by atoms with Crippen LogP contribution in [0, 0.1) is 0 Å². The molecule has 0 amide bonds. The molecule has 2 rings (SSSR count). The second kappa shape index (κ2) is 6.50. The van der Waals surface area contributed by atoms with Crippen LogP contribution in [0.15, 0.2) is 28.1 Å². The predicted octanol–water partition coefficient (Wildman–Crippen LogP) is 4.33. The van der Waals surface area contributed by atoms with Crippen LogP contribution in [0.1, 0.15) is 12.1 Å². The number of rotatable bonds is 4. The molecule has 0 aliphatic rings. The van der Waals surface area contributed by atoms with Crippen molar-refractivity contribution in [3.05, 3.63) is 38.8 Å². The Morgan fingerprint density at radius 1 is 1.53 bits per heavy atom. The number of ether oxygens (including phenoxy) is 1. The Hall–Kier alpha value is -0.910. The van der Waals surface area contributed by atoms with Crippen LogP contribution >= 0.6 is 38.9 Å². The van der Waals surface area contributed by atoms with Gasteiger partial charge in [0.25, 0.3) is 0 Å². The monoisotopic (exact) mass is 359 g/mol. The minimum Gasteiger partial charge on any atom is -0.469 e. The van der Waals surface area contributed by atoms with Gasteiger partial charge >= 0.3 is 5.97 Å². The lowest BCUT2D eigenvalue weighted by Crippen LogP contribution is -2.01. The highest BCUT2D eigenvalue weighted by molar-refractivity contribution is 9.10. The summed E-state index contributed by atoms with van der Waals surface area (Å²) in [6.45, 7) is 0. The third kappa shape index (κ3) is 3.78. The van der Waals surface area contributed by atoms with Crippen LogP contribution in [-0.2, 0) is 16.0 Å². The van der Waals surface area contributed by atoms with Gasteiger partial charge in [0.1, 0.15) is 5.01 Å². The molecule has 6 heteroatoms. The predicted molar refractivity (Wildman–Crippen MR) is 80.6 cm³/mol. The average molecular weight is 361 g/mol. The molecule has 0 N–H and O–H groups in total. The first-order chi connectivity index (χ1) is 9.10. The van der Waals surface area contributed by atoms with Gasteiger partial charge in [-0.2, -0.15) is 0 Å². The number of aryl methyl sites for hydroxylation is 1. The van der Waals surface area contributed by atoms with Crippen LogP contribution in [-0.4, -0.2) is 18.1 Å². The highest BCUT2D eigenvalue weighted by Crippen LogP contribution is 2.30. The van der Waals surface area contributed by atoms with E-state index in [2.05, 4.69) is 25.7 Å². The van der Waals surface area contributed by atoms with E-state index in [0.717, 1.165) is 20.7 Å². The van der Waals surface area contributed by atoms with Crippen LogP contribution in [0.5, 0.6) is 0 Å². The lowest BCUT2D eigenvalue weighted by molar-refractivity contribution is -0.140. The van der Waals surface area contributed by atoms with Crippen LogP contribution < -0.4 is 0 Å². The molecule has 100 valence electrons. The van der Waals surface area contributed by atoms with E-state index in [-0.39, 0.29) is 5.97 Å². The van der Waals surface area contributed by atoms with Crippen molar-refractivity contribution in [1.29, 1.82) is 0 Å². The van der Waals surface area contributed by atoms with Gasteiger partial charge in [0.15, 0.2) is 0 Å². The number of benzene rings is 1. The Kier molecular flexibility index (Phi) is 4.96. The average Bonchev–Trinajstić information content (AvgIpc) is 2.88. The number of nitrogens with zero attached hydrogens (tertiary/aromatic N) is 1. The number of hydrogen-bond donors (Lipinski definition) is 0. The van der Waals surface area contributed by atoms with Crippen molar-refractivity contribution in [2.75, 3.05) is 7.11 Å². The zero-order chi connectivity index (χ0) is 13.8. The maximum atomic E-state index is 11.1. The van der Waals surface area contributed by atoms with Gasteiger partial charge in [0.2, 0.25) is 0 Å². The summed E-state index contributed by atoms with van der Waals surface area (Å²) in [5.74, 6) is -0.219.